The number of hydrogen-bond acceptors (Lipinski definition) is 5. The van der Waals surface area contributed by atoms with E-state index in [1.54, 1.807) is 32.0 Å². The summed E-state index contributed by atoms with van der Waals surface area (Å²) >= 11 is 0. The van der Waals surface area contributed by atoms with E-state index in [0.717, 1.165) is 42.6 Å². The lowest BCUT2D eigenvalue weighted by Crippen LogP contribution is -2.57. The van der Waals surface area contributed by atoms with Crippen LogP contribution in [0.1, 0.15) is 44.2 Å². The number of amides is 2. The number of fused-ring (bicyclic) bond motifs is 3. The summed E-state index contributed by atoms with van der Waals surface area (Å²) in [6.45, 7) is 7.25. The molecule has 2 heterocycles. The van der Waals surface area contributed by atoms with Crippen LogP contribution in [0.5, 0.6) is 0 Å². The lowest BCUT2D eigenvalue weighted by Gasteiger charge is -2.45. The Morgan fingerprint density at radius 2 is 1.77 bits per heavy atom. The molecule has 2 amide bonds. The molecular formula is C26H34N4O4S. The van der Waals surface area contributed by atoms with Gasteiger partial charge in [-0.1, -0.05) is 43.7 Å². The monoisotopic (exact) mass is 498 g/mol. The highest BCUT2D eigenvalue weighted by Crippen LogP contribution is 2.41. The first-order valence-corrected chi connectivity index (χ1v) is 13.7. The van der Waals surface area contributed by atoms with Gasteiger partial charge in [0.2, 0.25) is 21.8 Å². The number of piperidine rings is 1. The van der Waals surface area contributed by atoms with Gasteiger partial charge in [0.1, 0.15) is 12.6 Å². The molecule has 2 aliphatic rings. The van der Waals surface area contributed by atoms with Crippen molar-refractivity contribution in [1.29, 1.82) is 0 Å². The molecule has 2 aliphatic heterocycles. The Morgan fingerprint density at radius 3 is 2.46 bits per heavy atom. The standard InChI is InChI=1S/C26H34N4O4S/c1-4-28(5-2)35(33,34)21-13-14-22-24(16-21)30(26(32)23-8-6-7-15-29(22)23)18-25(31)27-17-20-11-9-19(3)10-12-20/h9-14,16,23H,4-8,15,17-18H2,1-3H3,(H,27,31)/t23-/m1/s1. The molecule has 0 bridgehead atoms. The average molecular weight is 499 g/mol. The second-order valence-electron chi connectivity index (χ2n) is 9.13. The lowest BCUT2D eigenvalue weighted by atomic mass is 9.96. The van der Waals surface area contributed by atoms with Crippen LogP contribution in [0.15, 0.2) is 47.4 Å². The van der Waals surface area contributed by atoms with Gasteiger partial charge in [0, 0.05) is 26.2 Å². The average Bonchev–Trinajstić information content (AvgIpc) is 2.86. The Balaban J connectivity index is 1.64. The van der Waals surface area contributed by atoms with Crippen molar-refractivity contribution < 1.29 is 18.0 Å². The van der Waals surface area contributed by atoms with Crippen molar-refractivity contribution >= 4 is 33.2 Å². The molecule has 1 saturated heterocycles. The van der Waals surface area contributed by atoms with E-state index < -0.39 is 10.0 Å². The summed E-state index contributed by atoms with van der Waals surface area (Å²) < 4.78 is 27.8. The molecule has 188 valence electrons. The smallest absolute Gasteiger partial charge is 0.250 e. The van der Waals surface area contributed by atoms with E-state index in [9.17, 15) is 18.0 Å². The van der Waals surface area contributed by atoms with E-state index in [4.69, 9.17) is 0 Å². The fourth-order valence-corrected chi connectivity index (χ4v) is 6.36. The Kier molecular flexibility index (Phi) is 7.47. The molecular weight excluding hydrogens is 464 g/mol. The second kappa shape index (κ2) is 10.4. The molecule has 1 atom stereocenters. The first kappa shape index (κ1) is 25.2. The Bertz CT molecular complexity index is 1190. The first-order valence-electron chi connectivity index (χ1n) is 12.3. The molecule has 0 aliphatic carbocycles. The summed E-state index contributed by atoms with van der Waals surface area (Å²) in [7, 11) is -3.71. The normalized spacial score (nSPS) is 17.8. The van der Waals surface area contributed by atoms with Gasteiger partial charge >= 0.3 is 0 Å². The number of carbonyl (C=O) groups excluding carboxylic acids is 2. The summed E-state index contributed by atoms with van der Waals surface area (Å²) in [5.74, 6) is -0.439. The van der Waals surface area contributed by atoms with Gasteiger partial charge in [-0.2, -0.15) is 4.31 Å². The number of sulfonamides is 1. The number of nitrogens with one attached hydrogen (secondary N) is 1. The van der Waals surface area contributed by atoms with Crippen molar-refractivity contribution in [3.8, 4) is 0 Å². The van der Waals surface area contributed by atoms with Gasteiger partial charge in [-0.25, -0.2) is 8.42 Å². The van der Waals surface area contributed by atoms with Crippen LogP contribution in [0, 0.1) is 6.92 Å². The topological polar surface area (TPSA) is 90.0 Å². The largest absolute Gasteiger partial charge is 0.358 e. The Labute approximate surface area is 207 Å². The molecule has 1 fully saturated rings. The maximum atomic E-state index is 13.5. The van der Waals surface area contributed by atoms with Gasteiger partial charge in [-0.3, -0.25) is 14.5 Å². The van der Waals surface area contributed by atoms with Gasteiger partial charge < -0.3 is 10.2 Å². The van der Waals surface area contributed by atoms with Crippen LogP contribution in [0.25, 0.3) is 0 Å². The predicted molar refractivity (Wildman–Crippen MR) is 137 cm³/mol. The quantitative estimate of drug-likeness (QED) is 0.604. The molecule has 0 spiro atoms. The maximum Gasteiger partial charge on any atom is 0.250 e. The van der Waals surface area contributed by atoms with Crippen LogP contribution in [-0.4, -0.2) is 56.8 Å². The SMILES string of the molecule is CCN(CC)S(=O)(=O)c1ccc2c(c1)N(CC(=O)NCc1ccc(C)cc1)C(=O)[C@H]1CCCCN21. The van der Waals surface area contributed by atoms with E-state index in [0.29, 0.717) is 25.3 Å². The van der Waals surface area contributed by atoms with Gasteiger partial charge in [-0.15, -0.1) is 0 Å². The zero-order chi connectivity index (χ0) is 25.2. The number of rotatable bonds is 8. The molecule has 9 heteroatoms. The van der Waals surface area contributed by atoms with Crippen LogP contribution in [0.2, 0.25) is 0 Å². The van der Waals surface area contributed by atoms with E-state index in [1.807, 2.05) is 31.2 Å². The van der Waals surface area contributed by atoms with Gasteiger partial charge in [0.05, 0.1) is 16.3 Å². The Hall–Kier alpha value is -2.91. The third kappa shape index (κ3) is 5.06. The summed E-state index contributed by atoms with van der Waals surface area (Å²) in [5.41, 5.74) is 3.40. The zero-order valence-electron chi connectivity index (χ0n) is 20.7. The highest BCUT2D eigenvalue weighted by Gasteiger charge is 2.40. The van der Waals surface area contributed by atoms with Crippen molar-refractivity contribution in [2.45, 2.75) is 57.5 Å². The molecule has 0 saturated carbocycles. The number of hydrogen-bond donors (Lipinski definition) is 1. The van der Waals surface area contributed by atoms with Crippen molar-refractivity contribution in [3.63, 3.8) is 0 Å². The minimum Gasteiger partial charge on any atom is -0.358 e. The van der Waals surface area contributed by atoms with E-state index in [2.05, 4.69) is 10.2 Å². The number of aryl methyl sites for hydroxylation is 1. The zero-order valence-corrected chi connectivity index (χ0v) is 21.5. The lowest BCUT2D eigenvalue weighted by molar-refractivity contribution is -0.125. The van der Waals surface area contributed by atoms with E-state index >= 15 is 0 Å². The molecule has 1 N–H and O–H groups in total. The second-order valence-corrected chi connectivity index (χ2v) is 11.1. The molecule has 2 aromatic rings. The minimum absolute atomic E-state index is 0.133. The van der Waals surface area contributed by atoms with Crippen LogP contribution in [-0.2, 0) is 26.2 Å². The molecule has 4 rings (SSSR count). The van der Waals surface area contributed by atoms with E-state index in [-0.39, 0.29) is 29.3 Å². The summed E-state index contributed by atoms with van der Waals surface area (Å²) in [6.07, 6.45) is 2.64. The third-order valence-corrected chi connectivity index (χ3v) is 8.90. The van der Waals surface area contributed by atoms with Crippen molar-refractivity contribution in [3.05, 3.63) is 53.6 Å². The van der Waals surface area contributed by atoms with Gasteiger partial charge in [0.15, 0.2) is 0 Å². The predicted octanol–water partition coefficient (Wildman–Crippen LogP) is 3.05. The van der Waals surface area contributed by atoms with Crippen LogP contribution in [0.3, 0.4) is 0 Å². The first-order chi connectivity index (χ1) is 16.8. The molecule has 0 unspecified atom stereocenters. The number of anilines is 2. The molecule has 0 aromatic heterocycles. The third-order valence-electron chi connectivity index (χ3n) is 6.86. The highest BCUT2D eigenvalue weighted by molar-refractivity contribution is 7.89. The summed E-state index contributed by atoms with van der Waals surface area (Å²) in [6, 6.07) is 12.5. The number of benzene rings is 2. The van der Waals surface area contributed by atoms with E-state index in [1.165, 1.54) is 9.21 Å². The van der Waals surface area contributed by atoms with Gasteiger partial charge in [0.25, 0.3) is 0 Å². The fourth-order valence-electron chi connectivity index (χ4n) is 4.88. The van der Waals surface area contributed by atoms with Crippen LogP contribution >= 0.6 is 0 Å². The van der Waals surface area contributed by atoms with Crippen molar-refractivity contribution in [2.24, 2.45) is 0 Å². The van der Waals surface area contributed by atoms with Gasteiger partial charge in [-0.05, 0) is 49.9 Å². The van der Waals surface area contributed by atoms with Crippen molar-refractivity contribution in [1.82, 2.24) is 9.62 Å². The van der Waals surface area contributed by atoms with Crippen LogP contribution < -0.4 is 15.1 Å². The molecule has 0 radical (unpaired) electrons. The highest BCUT2D eigenvalue weighted by atomic mass is 32.2. The molecule has 8 nitrogen and oxygen atoms in total. The van der Waals surface area contributed by atoms with Crippen LogP contribution in [0.4, 0.5) is 11.4 Å². The maximum absolute atomic E-state index is 13.5. The summed E-state index contributed by atoms with van der Waals surface area (Å²) in [5, 5.41) is 2.90. The van der Waals surface area contributed by atoms with Crippen molar-refractivity contribution in [2.75, 3.05) is 36.0 Å². The Morgan fingerprint density at radius 1 is 1.06 bits per heavy atom. The number of carbonyl (C=O) groups is 2. The summed E-state index contributed by atoms with van der Waals surface area (Å²) in [4.78, 5) is 30.1. The minimum atomic E-state index is -3.71. The fraction of sp³-hybridized carbons (Fsp3) is 0.462. The molecule has 2 aromatic carbocycles. The number of nitrogens with zero attached hydrogens (tertiary/aromatic N) is 3. The molecule has 35 heavy (non-hydrogen) atoms.